The minimum Gasteiger partial charge on any atom is -0.480 e. The van der Waals surface area contributed by atoms with Gasteiger partial charge in [0.2, 0.25) is 0 Å². The van der Waals surface area contributed by atoms with Crippen molar-refractivity contribution < 1.29 is 69.0 Å². The number of ether oxygens (including phenoxy) is 6. The van der Waals surface area contributed by atoms with Gasteiger partial charge in [0, 0.05) is 38.9 Å². The molecule has 268 valence electrons. The summed E-state index contributed by atoms with van der Waals surface area (Å²) in [7, 11) is 3.82. The van der Waals surface area contributed by atoms with Crippen molar-refractivity contribution in [2.45, 2.75) is 129 Å². The first kappa shape index (κ1) is 40.1. The molecule has 0 aromatic carbocycles. The predicted octanol–water partition coefficient (Wildman–Crippen LogP) is 3.50. The Kier molecular flexibility index (Phi) is 13.4. The van der Waals surface area contributed by atoms with Gasteiger partial charge in [0.05, 0.1) is 43.0 Å². The smallest absolute Gasteiger partial charge is 0.311 e. The van der Waals surface area contributed by atoms with E-state index in [4.69, 9.17) is 28.4 Å². The first-order valence-corrected chi connectivity index (χ1v) is 16.8. The summed E-state index contributed by atoms with van der Waals surface area (Å²) in [4.78, 5) is 42.8. The Bertz CT molecular complexity index is 1150. The van der Waals surface area contributed by atoms with Crippen LogP contribution in [-0.2, 0) is 63.9 Å². The van der Waals surface area contributed by atoms with Crippen LogP contribution in [0.3, 0.4) is 0 Å². The van der Waals surface area contributed by atoms with Gasteiger partial charge in [-0.2, -0.15) is 0 Å². The molecule has 4 aliphatic heterocycles. The molecule has 1 N–H and O–H groups in total. The SMILES string of the molecule is C=C1CO[C@H]2[C@H](C)[C@@H](O[C@@H]3O[C@H](C)C[C@H](N(C)C)[C@H]3O)[C@@](C)(C[C@@H](C)C(=O)[C@H](C)[C@@H]3[CH-]C(=O)O[C@]3(C)[C@@H](CC)OC(=O)[C@@H]2C)OC1.[W]. The number of nitrogens with zero attached hydrogens (tertiary/aromatic N) is 1. The summed E-state index contributed by atoms with van der Waals surface area (Å²) in [6.45, 7) is 19.2. The van der Waals surface area contributed by atoms with Gasteiger partial charge < -0.3 is 38.4 Å². The van der Waals surface area contributed by atoms with E-state index in [1.165, 1.54) is 6.42 Å². The molecule has 4 saturated heterocycles. The van der Waals surface area contributed by atoms with Crippen LogP contribution in [-0.4, -0.2) is 109 Å². The molecule has 4 fully saturated rings. The maximum atomic E-state index is 14.2. The predicted molar refractivity (Wildman–Crippen MR) is 169 cm³/mol. The van der Waals surface area contributed by atoms with Crippen LogP contribution in [0.5, 0.6) is 0 Å². The third kappa shape index (κ3) is 8.19. The first-order valence-electron chi connectivity index (χ1n) is 16.8. The minimum atomic E-state index is -1.22. The molecule has 47 heavy (non-hydrogen) atoms. The molecule has 4 heterocycles. The number of hydrogen-bond acceptors (Lipinski definition) is 11. The number of carbonyl (C=O) groups is 3. The van der Waals surface area contributed by atoms with E-state index in [1.54, 1.807) is 20.8 Å². The molecule has 12 heteroatoms. The Morgan fingerprint density at radius 3 is 2.34 bits per heavy atom. The van der Waals surface area contributed by atoms with Crippen LogP contribution in [0.25, 0.3) is 0 Å². The van der Waals surface area contributed by atoms with Crippen molar-refractivity contribution in [3.8, 4) is 0 Å². The number of ketones is 1. The standard InChI is InChI=1S/C35H56NO10.W/c1-12-26-35(9)24(14-27(37)46-35)21(5)28(38)19(3)15-34(8)31(45-33-29(39)25(36(10)11)13-20(4)43-33)22(6)30(23(7)32(40)44-26)41-16-18(2)17-42-34;/h14,19-26,29-31,33,39H,2,12-13,15-17H2,1,3-11H3;/q-1;/t19-,20-,21-,22+,23-,24+,25+,26-,29-,30+,31-,33+,34-,35+;/m1./s1. The number of hydrogen-bond donors (Lipinski definition) is 1. The molecule has 11 nitrogen and oxygen atoms in total. The molecule has 0 spiro atoms. The molecular formula is C35H56NO10W-. The number of carbonyl (C=O) groups excluding carboxylic acids is 3. The van der Waals surface area contributed by atoms with Gasteiger partial charge in [-0.15, -0.1) is 0 Å². The molecule has 0 saturated carbocycles. The Morgan fingerprint density at radius 1 is 1.06 bits per heavy atom. The van der Waals surface area contributed by atoms with E-state index in [0.717, 1.165) is 0 Å². The largest absolute Gasteiger partial charge is 0.480 e. The summed E-state index contributed by atoms with van der Waals surface area (Å²) in [5.41, 5.74) is -1.65. The second kappa shape index (κ2) is 15.7. The van der Waals surface area contributed by atoms with E-state index >= 15 is 0 Å². The molecular weight excluding hydrogens is 778 g/mol. The van der Waals surface area contributed by atoms with E-state index in [9.17, 15) is 19.5 Å². The fourth-order valence-electron chi connectivity index (χ4n) is 8.20. The van der Waals surface area contributed by atoms with Crippen LogP contribution in [0, 0.1) is 36.0 Å². The van der Waals surface area contributed by atoms with Gasteiger partial charge in [-0.05, 0) is 72.5 Å². The molecule has 2 bridgehead atoms. The molecule has 4 rings (SSSR count). The maximum Gasteiger partial charge on any atom is 0.311 e. The second-order valence-corrected chi connectivity index (χ2v) is 14.8. The maximum absolute atomic E-state index is 14.2. The van der Waals surface area contributed by atoms with Crippen LogP contribution >= 0.6 is 0 Å². The average molecular weight is 835 g/mol. The first-order chi connectivity index (χ1) is 21.4. The van der Waals surface area contributed by atoms with Crippen molar-refractivity contribution in [2.24, 2.45) is 29.6 Å². The Balaban J connectivity index is 0.00000600. The van der Waals surface area contributed by atoms with Crippen molar-refractivity contribution in [3.05, 3.63) is 18.6 Å². The molecule has 0 aromatic heterocycles. The summed E-state index contributed by atoms with van der Waals surface area (Å²) < 4.78 is 38.0. The zero-order valence-corrected chi connectivity index (χ0v) is 32.7. The van der Waals surface area contributed by atoms with Crippen molar-refractivity contribution >= 4 is 17.7 Å². The van der Waals surface area contributed by atoms with Gasteiger partial charge in [-0.25, -0.2) is 0 Å². The average Bonchev–Trinajstić information content (AvgIpc) is 3.32. The van der Waals surface area contributed by atoms with Gasteiger partial charge in [0.25, 0.3) is 0 Å². The van der Waals surface area contributed by atoms with Gasteiger partial charge in [-0.1, -0.05) is 40.2 Å². The number of fused-ring (bicyclic) bond motifs is 4. The van der Waals surface area contributed by atoms with Crippen LogP contribution in [0.2, 0.25) is 0 Å². The fourth-order valence-corrected chi connectivity index (χ4v) is 8.20. The summed E-state index contributed by atoms with van der Waals surface area (Å²) in [6, 6.07) is -0.208. The Hall–Kier alpha value is -1.33. The van der Waals surface area contributed by atoms with Crippen molar-refractivity contribution in [1.29, 1.82) is 0 Å². The quantitative estimate of drug-likeness (QED) is 0.254. The monoisotopic (exact) mass is 834 g/mol. The van der Waals surface area contributed by atoms with Gasteiger partial charge in [0.15, 0.2) is 12.3 Å². The van der Waals surface area contributed by atoms with Crippen LogP contribution in [0.15, 0.2) is 12.2 Å². The molecule has 0 amide bonds. The van der Waals surface area contributed by atoms with Crippen LogP contribution in [0.1, 0.15) is 74.7 Å². The molecule has 4 aliphatic rings. The van der Waals surface area contributed by atoms with Gasteiger partial charge >= 0.3 is 5.97 Å². The number of Topliss-reactive ketones (excluding diaryl/α,β-unsaturated/α-hetero) is 1. The summed E-state index contributed by atoms with van der Waals surface area (Å²) in [5.74, 6) is -4.13. The normalized spacial score (nSPS) is 45.4. The zero-order valence-electron chi connectivity index (χ0n) is 29.7. The van der Waals surface area contributed by atoms with Crippen molar-refractivity contribution in [3.63, 3.8) is 0 Å². The Labute approximate surface area is 295 Å². The number of esters is 2. The number of aliphatic hydroxyl groups is 1. The Morgan fingerprint density at radius 2 is 1.72 bits per heavy atom. The number of cyclic esters (lactones) is 1. The molecule has 14 atom stereocenters. The zero-order chi connectivity index (χ0) is 34.3. The number of rotatable bonds is 4. The topological polar surface area (TPSA) is 130 Å². The van der Waals surface area contributed by atoms with E-state index in [-0.39, 0.29) is 58.6 Å². The molecule has 0 radical (unpaired) electrons. The molecule has 0 aliphatic carbocycles. The summed E-state index contributed by atoms with van der Waals surface area (Å²) >= 11 is 0. The third-order valence-corrected chi connectivity index (χ3v) is 10.9. The van der Waals surface area contributed by atoms with E-state index in [2.05, 4.69) is 6.58 Å². The summed E-state index contributed by atoms with van der Waals surface area (Å²) in [6.07, 6.45) is -1.73. The van der Waals surface area contributed by atoms with Gasteiger partial charge in [0.1, 0.15) is 23.6 Å². The van der Waals surface area contributed by atoms with Crippen LogP contribution < -0.4 is 0 Å². The van der Waals surface area contributed by atoms with Crippen molar-refractivity contribution in [2.75, 3.05) is 27.3 Å². The molecule has 0 aromatic rings. The van der Waals surface area contributed by atoms with Crippen molar-refractivity contribution in [1.82, 2.24) is 4.90 Å². The third-order valence-electron chi connectivity index (χ3n) is 10.9. The van der Waals surface area contributed by atoms with Gasteiger partial charge in [-0.3, -0.25) is 20.8 Å². The molecule has 0 unspecified atom stereocenters. The number of likely N-dealkylation sites (N-methyl/N-ethyl adjacent to an activating group) is 1. The van der Waals surface area contributed by atoms with E-state index < -0.39 is 83.4 Å². The minimum absolute atomic E-state index is 0. The van der Waals surface area contributed by atoms with E-state index in [1.807, 2.05) is 53.6 Å². The second-order valence-electron chi connectivity index (χ2n) is 14.8. The number of aliphatic hydroxyl groups excluding tert-OH is 1. The van der Waals surface area contributed by atoms with Crippen LogP contribution in [0.4, 0.5) is 0 Å². The fraction of sp³-hybridized carbons (Fsp3) is 0.829. The summed E-state index contributed by atoms with van der Waals surface area (Å²) in [5, 5.41) is 11.5. The van der Waals surface area contributed by atoms with E-state index in [0.29, 0.717) is 18.4 Å².